The standard InChI is InChI=1S/C9H17N5O2/c1-11-12-7(15)4-3-5-14-8(16)6-13(2)9(14)10/h10-11H,3-6H2,1-2H3,(H,12,15). The van der Waals surface area contributed by atoms with Crippen molar-refractivity contribution in [1.82, 2.24) is 20.7 Å². The van der Waals surface area contributed by atoms with E-state index in [1.54, 1.807) is 19.0 Å². The van der Waals surface area contributed by atoms with Crippen molar-refractivity contribution in [2.24, 2.45) is 0 Å². The van der Waals surface area contributed by atoms with Gasteiger partial charge in [0.25, 0.3) is 0 Å². The van der Waals surface area contributed by atoms with E-state index in [0.717, 1.165) is 0 Å². The lowest BCUT2D eigenvalue weighted by Crippen LogP contribution is -2.36. The van der Waals surface area contributed by atoms with Gasteiger partial charge in [-0.3, -0.25) is 25.3 Å². The number of carbonyl (C=O) groups is 2. The molecule has 0 spiro atoms. The summed E-state index contributed by atoms with van der Waals surface area (Å²) < 4.78 is 0. The zero-order valence-corrected chi connectivity index (χ0v) is 9.54. The van der Waals surface area contributed by atoms with E-state index in [2.05, 4.69) is 10.9 Å². The third-order valence-corrected chi connectivity index (χ3v) is 2.34. The first-order chi connectivity index (χ1) is 7.56. The molecule has 1 saturated heterocycles. The number of nitrogens with one attached hydrogen (secondary N) is 3. The number of rotatable bonds is 5. The van der Waals surface area contributed by atoms with Gasteiger partial charge in [0.05, 0.1) is 6.54 Å². The second-order valence-electron chi connectivity index (χ2n) is 3.63. The summed E-state index contributed by atoms with van der Waals surface area (Å²) in [4.78, 5) is 25.5. The molecule has 0 aromatic carbocycles. The van der Waals surface area contributed by atoms with E-state index in [1.165, 1.54) is 4.90 Å². The molecule has 3 N–H and O–H groups in total. The van der Waals surface area contributed by atoms with Crippen molar-refractivity contribution in [3.05, 3.63) is 0 Å². The van der Waals surface area contributed by atoms with Crippen LogP contribution >= 0.6 is 0 Å². The molecule has 0 radical (unpaired) electrons. The molecule has 0 atom stereocenters. The van der Waals surface area contributed by atoms with Crippen molar-refractivity contribution < 1.29 is 9.59 Å². The van der Waals surface area contributed by atoms with Gasteiger partial charge in [-0.25, -0.2) is 5.43 Å². The average Bonchev–Trinajstić information content (AvgIpc) is 2.45. The number of guanidine groups is 1. The van der Waals surface area contributed by atoms with E-state index in [1.807, 2.05) is 0 Å². The van der Waals surface area contributed by atoms with Gasteiger partial charge in [0.2, 0.25) is 17.8 Å². The molecule has 7 heteroatoms. The fourth-order valence-corrected chi connectivity index (χ4v) is 1.52. The zero-order valence-electron chi connectivity index (χ0n) is 9.54. The SMILES string of the molecule is CNNC(=O)CCCN1C(=N)N(C)CC1=O. The third-order valence-electron chi connectivity index (χ3n) is 2.34. The smallest absolute Gasteiger partial charge is 0.248 e. The summed E-state index contributed by atoms with van der Waals surface area (Å²) in [5.74, 6) is 0.00887. The van der Waals surface area contributed by atoms with E-state index in [9.17, 15) is 9.59 Å². The van der Waals surface area contributed by atoms with Crippen LogP contribution in [0.3, 0.4) is 0 Å². The molecule has 0 saturated carbocycles. The predicted octanol–water partition coefficient (Wildman–Crippen LogP) is -1.27. The molecule has 2 amide bonds. The number of hydrogen-bond acceptors (Lipinski definition) is 4. The number of amides is 2. The van der Waals surface area contributed by atoms with Crippen LogP contribution in [-0.4, -0.2) is 54.8 Å². The fraction of sp³-hybridized carbons (Fsp3) is 0.667. The van der Waals surface area contributed by atoms with E-state index >= 15 is 0 Å². The largest absolute Gasteiger partial charge is 0.336 e. The summed E-state index contributed by atoms with van der Waals surface area (Å²) in [5, 5.41) is 7.63. The molecule has 1 heterocycles. The third kappa shape index (κ3) is 2.93. The van der Waals surface area contributed by atoms with Crippen molar-refractivity contribution >= 4 is 17.8 Å². The Kier molecular flexibility index (Phi) is 4.24. The summed E-state index contributed by atoms with van der Waals surface area (Å²) in [5.41, 5.74) is 4.99. The van der Waals surface area contributed by atoms with Gasteiger partial charge in [-0.05, 0) is 6.42 Å². The summed E-state index contributed by atoms with van der Waals surface area (Å²) in [7, 11) is 3.32. The van der Waals surface area contributed by atoms with Gasteiger partial charge in [-0.15, -0.1) is 0 Å². The number of carbonyl (C=O) groups excluding carboxylic acids is 2. The molecule has 0 aliphatic carbocycles. The molecule has 0 aromatic rings. The predicted molar refractivity (Wildman–Crippen MR) is 58.5 cm³/mol. The summed E-state index contributed by atoms with van der Waals surface area (Å²) in [6.45, 7) is 0.667. The highest BCUT2D eigenvalue weighted by atomic mass is 16.2. The maximum Gasteiger partial charge on any atom is 0.248 e. The molecular weight excluding hydrogens is 210 g/mol. The van der Waals surface area contributed by atoms with E-state index < -0.39 is 0 Å². The van der Waals surface area contributed by atoms with E-state index in [-0.39, 0.29) is 24.3 Å². The van der Waals surface area contributed by atoms with Gasteiger partial charge in [-0.1, -0.05) is 0 Å². The minimum Gasteiger partial charge on any atom is -0.336 e. The normalized spacial score (nSPS) is 15.9. The van der Waals surface area contributed by atoms with Crippen molar-refractivity contribution in [2.45, 2.75) is 12.8 Å². The maximum absolute atomic E-state index is 11.4. The van der Waals surface area contributed by atoms with Gasteiger partial charge < -0.3 is 4.90 Å². The summed E-state index contributed by atoms with van der Waals surface area (Å²) in [6, 6.07) is 0. The van der Waals surface area contributed by atoms with Gasteiger partial charge >= 0.3 is 0 Å². The number of likely N-dealkylation sites (N-methyl/N-ethyl adjacent to an activating group) is 1. The van der Waals surface area contributed by atoms with Crippen LogP contribution in [0.25, 0.3) is 0 Å². The molecule has 0 unspecified atom stereocenters. The van der Waals surface area contributed by atoms with Crippen molar-refractivity contribution in [3.8, 4) is 0 Å². The number of hydrogen-bond donors (Lipinski definition) is 3. The van der Waals surface area contributed by atoms with Crippen molar-refractivity contribution in [2.75, 3.05) is 27.2 Å². The van der Waals surface area contributed by atoms with Crippen molar-refractivity contribution in [1.29, 1.82) is 5.41 Å². The lowest BCUT2D eigenvalue weighted by Gasteiger charge is -2.16. The molecule has 1 aliphatic heterocycles. The first-order valence-corrected chi connectivity index (χ1v) is 5.12. The highest BCUT2D eigenvalue weighted by molar-refractivity contribution is 6.02. The van der Waals surface area contributed by atoms with E-state index in [0.29, 0.717) is 19.4 Å². The molecule has 7 nitrogen and oxygen atoms in total. The molecule has 1 fully saturated rings. The molecule has 1 rings (SSSR count). The molecule has 1 aliphatic rings. The van der Waals surface area contributed by atoms with Crippen LogP contribution in [0.5, 0.6) is 0 Å². The van der Waals surface area contributed by atoms with Gasteiger partial charge in [0, 0.05) is 27.1 Å². The summed E-state index contributed by atoms with van der Waals surface area (Å²) in [6.07, 6.45) is 0.886. The second kappa shape index (κ2) is 5.45. The van der Waals surface area contributed by atoms with Crippen LogP contribution in [0, 0.1) is 5.41 Å². The Morgan fingerprint density at radius 3 is 2.75 bits per heavy atom. The molecular formula is C9H17N5O2. The first-order valence-electron chi connectivity index (χ1n) is 5.12. The van der Waals surface area contributed by atoms with Gasteiger partial charge in [0.15, 0.2) is 0 Å². The van der Waals surface area contributed by atoms with Crippen LogP contribution < -0.4 is 10.9 Å². The minimum atomic E-state index is -0.117. The lowest BCUT2D eigenvalue weighted by atomic mass is 10.3. The average molecular weight is 227 g/mol. The minimum absolute atomic E-state index is 0.0819. The Labute approximate surface area is 94.3 Å². The number of nitrogens with zero attached hydrogens (tertiary/aromatic N) is 2. The van der Waals surface area contributed by atoms with E-state index in [4.69, 9.17) is 5.41 Å². The number of hydrazine groups is 1. The molecule has 16 heavy (non-hydrogen) atoms. The van der Waals surface area contributed by atoms with Crippen LogP contribution in [0.1, 0.15) is 12.8 Å². The Bertz CT molecular complexity index is 304. The second-order valence-corrected chi connectivity index (χ2v) is 3.63. The quantitative estimate of drug-likeness (QED) is 0.511. The Morgan fingerprint density at radius 2 is 2.25 bits per heavy atom. The first kappa shape index (κ1) is 12.4. The Balaban J connectivity index is 2.30. The summed E-state index contributed by atoms with van der Waals surface area (Å²) >= 11 is 0. The zero-order chi connectivity index (χ0) is 12.1. The molecule has 0 aromatic heterocycles. The van der Waals surface area contributed by atoms with Crippen molar-refractivity contribution in [3.63, 3.8) is 0 Å². The fourth-order valence-electron chi connectivity index (χ4n) is 1.52. The maximum atomic E-state index is 11.4. The molecule has 0 bridgehead atoms. The van der Waals surface area contributed by atoms with Crippen LogP contribution in [0.2, 0.25) is 0 Å². The lowest BCUT2D eigenvalue weighted by molar-refractivity contribution is -0.126. The van der Waals surface area contributed by atoms with Crippen LogP contribution in [0.4, 0.5) is 0 Å². The van der Waals surface area contributed by atoms with Crippen LogP contribution in [0.15, 0.2) is 0 Å². The van der Waals surface area contributed by atoms with Crippen LogP contribution in [-0.2, 0) is 9.59 Å². The molecule has 90 valence electrons. The van der Waals surface area contributed by atoms with Gasteiger partial charge in [0.1, 0.15) is 0 Å². The topological polar surface area (TPSA) is 88.5 Å². The Morgan fingerprint density at radius 1 is 1.56 bits per heavy atom. The highest BCUT2D eigenvalue weighted by Crippen LogP contribution is 2.07. The highest BCUT2D eigenvalue weighted by Gasteiger charge is 2.29. The Hall–Kier alpha value is -1.63. The van der Waals surface area contributed by atoms with Gasteiger partial charge in [-0.2, -0.15) is 0 Å². The monoisotopic (exact) mass is 227 g/mol.